The summed E-state index contributed by atoms with van der Waals surface area (Å²) in [6.07, 6.45) is 4.52. The van der Waals surface area contributed by atoms with Crippen molar-refractivity contribution < 1.29 is 14.3 Å². The Hall–Kier alpha value is -1.71. The van der Waals surface area contributed by atoms with Gasteiger partial charge in [-0.05, 0) is 0 Å². The van der Waals surface area contributed by atoms with Crippen molar-refractivity contribution in [3.63, 3.8) is 0 Å². The number of nitrogens with zero attached hydrogens (tertiary/aromatic N) is 1. The Morgan fingerprint density at radius 2 is 2.25 bits per heavy atom. The Balaban J connectivity index is 2.44. The molecule has 60 valence electrons. The van der Waals surface area contributed by atoms with E-state index in [0.717, 1.165) is 0 Å². The Kier molecular flexibility index (Phi) is 1.40. The quantitative estimate of drug-likeness (QED) is 0.484. The normalized spacial score (nSPS) is 21.0. The van der Waals surface area contributed by atoms with Crippen LogP contribution in [0.3, 0.4) is 0 Å². The summed E-state index contributed by atoms with van der Waals surface area (Å²) in [7, 11) is 0. The Morgan fingerprint density at radius 1 is 1.42 bits per heavy atom. The van der Waals surface area contributed by atoms with Crippen molar-refractivity contribution in [1.82, 2.24) is 0 Å². The van der Waals surface area contributed by atoms with Gasteiger partial charge in [-0.3, -0.25) is 9.59 Å². The largest absolute Gasteiger partial charge is 0.425 e. The van der Waals surface area contributed by atoms with Crippen LogP contribution in [0.2, 0.25) is 0 Å². The van der Waals surface area contributed by atoms with Gasteiger partial charge in [0, 0.05) is 12.3 Å². The average molecular weight is 163 g/mol. The van der Waals surface area contributed by atoms with Crippen molar-refractivity contribution in [3.8, 4) is 0 Å². The summed E-state index contributed by atoms with van der Waals surface area (Å²) in [6, 6.07) is 0. The maximum absolute atomic E-state index is 11.0. The predicted octanol–water partition coefficient (Wildman–Crippen LogP) is 0.355. The summed E-state index contributed by atoms with van der Waals surface area (Å²) >= 11 is 0. The third-order valence-electron chi connectivity index (χ3n) is 1.61. The van der Waals surface area contributed by atoms with Gasteiger partial charge in [0.2, 0.25) is 0 Å². The molecule has 0 unspecified atom stereocenters. The minimum atomic E-state index is -0.347. The van der Waals surface area contributed by atoms with Crippen LogP contribution >= 0.6 is 0 Å². The molecule has 0 aliphatic carbocycles. The topological polar surface area (TPSA) is 55.7 Å². The van der Waals surface area contributed by atoms with Gasteiger partial charge in [-0.25, -0.2) is 4.99 Å². The van der Waals surface area contributed by atoms with Gasteiger partial charge in [-0.15, -0.1) is 0 Å². The second kappa shape index (κ2) is 2.41. The zero-order chi connectivity index (χ0) is 8.55. The van der Waals surface area contributed by atoms with Gasteiger partial charge in [0.15, 0.2) is 0 Å². The standard InChI is InChI=1S/C8H5NO3/c10-7-2-1-5-6(12-7)3-4-9-8(5)11/h1,3-4H,2H2. The summed E-state index contributed by atoms with van der Waals surface area (Å²) in [6.45, 7) is 0. The number of amides is 1. The highest BCUT2D eigenvalue weighted by molar-refractivity contribution is 6.07. The average Bonchev–Trinajstić information content (AvgIpc) is 2.04. The van der Waals surface area contributed by atoms with E-state index in [2.05, 4.69) is 4.99 Å². The molecule has 0 aromatic heterocycles. The summed E-state index contributed by atoms with van der Waals surface area (Å²) in [5.41, 5.74) is 0.386. The van der Waals surface area contributed by atoms with Crippen LogP contribution in [0.15, 0.2) is 28.5 Å². The number of carbonyl (C=O) groups is 2. The molecule has 0 spiro atoms. The lowest BCUT2D eigenvalue weighted by atomic mass is 10.1. The molecule has 12 heavy (non-hydrogen) atoms. The molecule has 2 heterocycles. The molecule has 4 heteroatoms. The van der Waals surface area contributed by atoms with Crippen LogP contribution in [0.25, 0.3) is 0 Å². The maximum Gasteiger partial charge on any atom is 0.315 e. The first kappa shape index (κ1) is 6.97. The van der Waals surface area contributed by atoms with E-state index in [1.165, 1.54) is 18.4 Å². The van der Waals surface area contributed by atoms with Crippen LogP contribution in [-0.4, -0.2) is 18.1 Å². The third kappa shape index (κ3) is 0.972. The van der Waals surface area contributed by atoms with E-state index in [9.17, 15) is 9.59 Å². The molecular formula is C8H5NO3. The lowest BCUT2D eigenvalue weighted by Gasteiger charge is -2.15. The molecule has 0 aromatic carbocycles. The van der Waals surface area contributed by atoms with Gasteiger partial charge >= 0.3 is 5.97 Å². The number of hydrogen-bond donors (Lipinski definition) is 0. The smallest absolute Gasteiger partial charge is 0.315 e. The van der Waals surface area contributed by atoms with Crippen LogP contribution in [-0.2, 0) is 14.3 Å². The number of ether oxygens (including phenoxy) is 1. The summed E-state index contributed by atoms with van der Waals surface area (Å²) in [5, 5.41) is 0. The fourth-order valence-electron chi connectivity index (χ4n) is 1.06. The van der Waals surface area contributed by atoms with E-state index in [-0.39, 0.29) is 18.3 Å². The van der Waals surface area contributed by atoms with Gasteiger partial charge < -0.3 is 4.74 Å². The van der Waals surface area contributed by atoms with Gasteiger partial charge in [0.05, 0.1) is 12.0 Å². The van der Waals surface area contributed by atoms with Crippen LogP contribution in [0.5, 0.6) is 0 Å². The molecule has 0 fully saturated rings. The molecule has 2 aliphatic heterocycles. The predicted molar refractivity (Wildman–Crippen MR) is 40.4 cm³/mol. The molecule has 2 rings (SSSR count). The molecule has 0 atom stereocenters. The Labute approximate surface area is 68.2 Å². The van der Waals surface area contributed by atoms with Gasteiger partial charge in [0.1, 0.15) is 5.76 Å². The van der Waals surface area contributed by atoms with E-state index in [1.54, 1.807) is 0 Å². The lowest BCUT2D eigenvalue weighted by molar-refractivity contribution is -0.138. The monoisotopic (exact) mass is 163 g/mol. The van der Waals surface area contributed by atoms with E-state index in [0.29, 0.717) is 11.3 Å². The highest BCUT2D eigenvalue weighted by Gasteiger charge is 2.24. The summed E-state index contributed by atoms with van der Waals surface area (Å²) in [5.74, 6) is -0.376. The van der Waals surface area contributed by atoms with Crippen LogP contribution in [0.4, 0.5) is 0 Å². The summed E-state index contributed by atoms with van der Waals surface area (Å²) < 4.78 is 4.80. The highest BCUT2D eigenvalue weighted by atomic mass is 16.5. The van der Waals surface area contributed by atoms with E-state index in [1.807, 2.05) is 0 Å². The van der Waals surface area contributed by atoms with Crippen molar-refractivity contribution in [3.05, 3.63) is 23.5 Å². The molecule has 1 amide bonds. The van der Waals surface area contributed by atoms with Crippen LogP contribution in [0, 0.1) is 0 Å². The maximum atomic E-state index is 11.0. The fraction of sp³-hybridized carbons (Fsp3) is 0.125. The zero-order valence-electron chi connectivity index (χ0n) is 6.11. The first-order chi connectivity index (χ1) is 5.77. The molecular weight excluding hydrogens is 158 g/mol. The van der Waals surface area contributed by atoms with Crippen LogP contribution in [0.1, 0.15) is 6.42 Å². The number of dihydropyridines is 1. The Bertz CT molecular complexity index is 349. The fourth-order valence-corrected chi connectivity index (χ4v) is 1.06. The van der Waals surface area contributed by atoms with Crippen molar-refractivity contribution >= 4 is 18.1 Å². The molecule has 4 nitrogen and oxygen atoms in total. The molecule has 0 saturated heterocycles. The lowest BCUT2D eigenvalue weighted by Crippen LogP contribution is -2.17. The van der Waals surface area contributed by atoms with Crippen molar-refractivity contribution in [2.75, 3.05) is 0 Å². The van der Waals surface area contributed by atoms with E-state index in [4.69, 9.17) is 4.74 Å². The first-order valence-electron chi connectivity index (χ1n) is 3.47. The third-order valence-corrected chi connectivity index (χ3v) is 1.61. The SMILES string of the molecule is O=C1CC=C2C(=O)N=CC=C2O1. The van der Waals surface area contributed by atoms with E-state index < -0.39 is 0 Å². The molecule has 2 aliphatic rings. The number of aliphatic imine (C=N–C) groups is 1. The molecule has 0 N–H and O–H groups in total. The number of rotatable bonds is 0. The van der Waals surface area contributed by atoms with Gasteiger partial charge in [0.25, 0.3) is 5.91 Å². The number of allylic oxidation sites excluding steroid dienone is 1. The number of hydrogen-bond acceptors (Lipinski definition) is 3. The Morgan fingerprint density at radius 3 is 3.08 bits per heavy atom. The van der Waals surface area contributed by atoms with Crippen molar-refractivity contribution in [2.24, 2.45) is 4.99 Å². The van der Waals surface area contributed by atoms with Crippen molar-refractivity contribution in [2.45, 2.75) is 6.42 Å². The molecule has 0 aromatic rings. The molecule has 0 radical (unpaired) electrons. The van der Waals surface area contributed by atoms with Gasteiger partial charge in [-0.1, -0.05) is 6.08 Å². The van der Waals surface area contributed by atoms with E-state index >= 15 is 0 Å². The molecule has 0 saturated carbocycles. The van der Waals surface area contributed by atoms with Gasteiger partial charge in [-0.2, -0.15) is 0 Å². The second-order valence-corrected chi connectivity index (χ2v) is 2.41. The minimum Gasteiger partial charge on any atom is -0.425 e. The summed E-state index contributed by atoms with van der Waals surface area (Å²) in [4.78, 5) is 25.3. The van der Waals surface area contributed by atoms with Crippen LogP contribution < -0.4 is 0 Å². The minimum absolute atomic E-state index is 0.147. The first-order valence-corrected chi connectivity index (χ1v) is 3.47. The number of esters is 1. The number of carbonyl (C=O) groups excluding carboxylic acids is 2. The highest BCUT2D eigenvalue weighted by Crippen LogP contribution is 2.21. The molecule has 0 bridgehead atoms. The number of fused-ring (bicyclic) bond motifs is 1. The van der Waals surface area contributed by atoms with Crippen molar-refractivity contribution in [1.29, 1.82) is 0 Å². The zero-order valence-corrected chi connectivity index (χ0v) is 6.11. The second-order valence-electron chi connectivity index (χ2n) is 2.41.